The number of carbonyl (C=O) groups is 1. The molecule has 0 N–H and O–H groups in total. The molecule has 0 aliphatic rings. The van der Waals surface area contributed by atoms with Crippen molar-refractivity contribution in [3.63, 3.8) is 0 Å². The van der Waals surface area contributed by atoms with Gasteiger partial charge in [0.1, 0.15) is 5.15 Å². The van der Waals surface area contributed by atoms with Crippen LogP contribution in [0.3, 0.4) is 0 Å². The summed E-state index contributed by atoms with van der Waals surface area (Å²) in [7, 11) is 0. The molecule has 0 radical (unpaired) electrons. The van der Waals surface area contributed by atoms with Crippen molar-refractivity contribution in [2.45, 2.75) is 27.3 Å². The van der Waals surface area contributed by atoms with Gasteiger partial charge in [0, 0.05) is 17.0 Å². The Bertz CT molecular complexity index is 614. The molecule has 2 rings (SSSR count). The number of carbonyl (C=O) groups excluding carboxylic acids is 1. The monoisotopic (exact) mass is 283 g/mol. The van der Waals surface area contributed by atoms with Gasteiger partial charge in [0.15, 0.2) is 6.29 Å². The Morgan fingerprint density at radius 1 is 1.33 bits per heavy atom. The molecule has 0 bridgehead atoms. The Kier molecular flexibility index (Phi) is 3.69. The van der Waals surface area contributed by atoms with E-state index >= 15 is 0 Å². The normalized spacial score (nSPS) is 11.4. The zero-order valence-electron chi connectivity index (χ0n) is 10.6. The van der Waals surface area contributed by atoms with Crippen LogP contribution >= 0.6 is 23.2 Å². The van der Waals surface area contributed by atoms with E-state index in [0.717, 1.165) is 29.3 Å². The molecule has 0 unspecified atom stereocenters. The number of aryl methyl sites for hydroxylation is 1. The van der Waals surface area contributed by atoms with Gasteiger partial charge in [0.2, 0.25) is 0 Å². The summed E-state index contributed by atoms with van der Waals surface area (Å²) in [4.78, 5) is 11.2. The van der Waals surface area contributed by atoms with E-state index < -0.39 is 0 Å². The third-order valence-corrected chi connectivity index (χ3v) is 3.87. The smallest absolute Gasteiger partial charge is 0.153 e. The number of nitrogens with zero attached hydrogens (tertiary/aromatic N) is 1. The number of hydrogen-bond donors (Lipinski definition) is 0. The Morgan fingerprint density at radius 3 is 2.56 bits per heavy atom. The first kappa shape index (κ1) is 13.4. The fourth-order valence-corrected chi connectivity index (χ4v) is 2.70. The van der Waals surface area contributed by atoms with Crippen molar-refractivity contribution >= 4 is 40.4 Å². The van der Waals surface area contributed by atoms with Crippen LogP contribution in [0.4, 0.5) is 0 Å². The molecule has 0 amide bonds. The van der Waals surface area contributed by atoms with Gasteiger partial charge in [-0.3, -0.25) is 4.79 Å². The van der Waals surface area contributed by atoms with Crippen LogP contribution in [-0.2, 0) is 6.54 Å². The molecule has 0 atom stereocenters. The lowest BCUT2D eigenvalue weighted by molar-refractivity contribution is 0.112. The van der Waals surface area contributed by atoms with Gasteiger partial charge in [-0.15, -0.1) is 0 Å². The SMILES string of the molecule is Cc1c(Cl)ccc2c(C=O)c(Cl)n(CC(C)C)c12. The predicted molar refractivity (Wildman–Crippen MR) is 76.9 cm³/mol. The summed E-state index contributed by atoms with van der Waals surface area (Å²) in [5.41, 5.74) is 2.47. The molecule has 1 aromatic carbocycles. The first-order chi connectivity index (χ1) is 8.47. The van der Waals surface area contributed by atoms with Crippen LogP contribution in [-0.4, -0.2) is 10.9 Å². The predicted octanol–water partition coefficient (Wildman–Crippen LogP) is 4.73. The number of aldehydes is 1. The molecule has 2 aromatic rings. The van der Waals surface area contributed by atoms with Crippen LogP contribution in [0.15, 0.2) is 12.1 Å². The third-order valence-electron chi connectivity index (χ3n) is 3.05. The molecular weight excluding hydrogens is 269 g/mol. The average Bonchev–Trinajstić information content (AvgIpc) is 2.57. The Balaban J connectivity index is 2.86. The van der Waals surface area contributed by atoms with E-state index in [-0.39, 0.29) is 0 Å². The second-order valence-corrected chi connectivity index (χ2v) is 5.66. The molecule has 1 aromatic heterocycles. The van der Waals surface area contributed by atoms with Gasteiger partial charge in [0.25, 0.3) is 0 Å². The summed E-state index contributed by atoms with van der Waals surface area (Å²) >= 11 is 12.5. The first-order valence-electron chi connectivity index (χ1n) is 5.89. The molecule has 0 spiro atoms. The zero-order valence-corrected chi connectivity index (χ0v) is 12.1. The summed E-state index contributed by atoms with van der Waals surface area (Å²) in [6.45, 7) is 6.95. The van der Waals surface area contributed by atoms with Crippen molar-refractivity contribution in [1.29, 1.82) is 0 Å². The van der Waals surface area contributed by atoms with Crippen molar-refractivity contribution < 1.29 is 4.79 Å². The minimum atomic E-state index is 0.441. The topological polar surface area (TPSA) is 22.0 Å². The number of aromatic nitrogens is 1. The van der Waals surface area contributed by atoms with Crippen LogP contribution in [0.5, 0.6) is 0 Å². The Hall–Kier alpha value is -0.990. The maximum absolute atomic E-state index is 11.2. The molecule has 0 saturated heterocycles. The van der Waals surface area contributed by atoms with E-state index in [4.69, 9.17) is 23.2 Å². The highest BCUT2D eigenvalue weighted by Gasteiger charge is 2.18. The van der Waals surface area contributed by atoms with Gasteiger partial charge in [-0.2, -0.15) is 0 Å². The van der Waals surface area contributed by atoms with E-state index in [9.17, 15) is 4.79 Å². The number of hydrogen-bond acceptors (Lipinski definition) is 1. The van der Waals surface area contributed by atoms with Crippen LogP contribution in [0.1, 0.15) is 29.8 Å². The lowest BCUT2D eigenvalue weighted by atomic mass is 10.1. The van der Waals surface area contributed by atoms with Gasteiger partial charge < -0.3 is 4.57 Å². The summed E-state index contributed by atoms with van der Waals surface area (Å²) < 4.78 is 1.98. The van der Waals surface area contributed by atoms with Crippen molar-refractivity contribution in [1.82, 2.24) is 4.57 Å². The lowest BCUT2D eigenvalue weighted by Gasteiger charge is -2.12. The van der Waals surface area contributed by atoms with Gasteiger partial charge in [0.05, 0.1) is 11.1 Å². The van der Waals surface area contributed by atoms with Crippen molar-refractivity contribution in [3.8, 4) is 0 Å². The number of fused-ring (bicyclic) bond motifs is 1. The molecule has 0 aliphatic carbocycles. The maximum Gasteiger partial charge on any atom is 0.153 e. The number of rotatable bonds is 3. The molecule has 0 fully saturated rings. The Morgan fingerprint density at radius 2 is 2.00 bits per heavy atom. The second-order valence-electron chi connectivity index (χ2n) is 4.90. The van der Waals surface area contributed by atoms with E-state index in [1.165, 1.54) is 0 Å². The van der Waals surface area contributed by atoms with E-state index in [1.807, 2.05) is 23.6 Å². The van der Waals surface area contributed by atoms with E-state index in [1.54, 1.807) is 0 Å². The molecule has 96 valence electrons. The fourth-order valence-electron chi connectivity index (χ4n) is 2.24. The van der Waals surface area contributed by atoms with E-state index in [0.29, 0.717) is 21.7 Å². The van der Waals surface area contributed by atoms with Gasteiger partial charge in [-0.1, -0.05) is 43.1 Å². The second kappa shape index (κ2) is 4.94. The van der Waals surface area contributed by atoms with Gasteiger partial charge >= 0.3 is 0 Å². The van der Waals surface area contributed by atoms with Crippen LogP contribution in [0.2, 0.25) is 10.2 Å². The zero-order chi connectivity index (χ0) is 13.4. The van der Waals surface area contributed by atoms with Crippen molar-refractivity contribution in [2.24, 2.45) is 5.92 Å². The third kappa shape index (κ3) is 2.04. The largest absolute Gasteiger partial charge is 0.330 e. The highest BCUT2D eigenvalue weighted by atomic mass is 35.5. The van der Waals surface area contributed by atoms with Gasteiger partial charge in [-0.05, 0) is 24.5 Å². The van der Waals surface area contributed by atoms with E-state index in [2.05, 4.69) is 13.8 Å². The summed E-state index contributed by atoms with van der Waals surface area (Å²) in [6.07, 6.45) is 0.814. The number of halogens is 2. The molecular formula is C14H15Cl2NO. The highest BCUT2D eigenvalue weighted by molar-refractivity contribution is 6.35. The first-order valence-corrected chi connectivity index (χ1v) is 6.65. The summed E-state index contributed by atoms with van der Waals surface area (Å²) in [5.74, 6) is 0.441. The lowest BCUT2D eigenvalue weighted by Crippen LogP contribution is -2.05. The molecule has 0 aliphatic heterocycles. The Labute approximate surface area is 116 Å². The standard InChI is InChI=1S/C14H15Cl2NO/c1-8(2)6-17-13-9(3)12(15)5-4-10(13)11(7-18)14(17)16/h4-5,7-8H,6H2,1-3H3. The molecule has 4 heteroatoms. The maximum atomic E-state index is 11.2. The van der Waals surface area contributed by atoms with Crippen LogP contribution < -0.4 is 0 Å². The average molecular weight is 284 g/mol. The minimum Gasteiger partial charge on any atom is -0.330 e. The molecule has 2 nitrogen and oxygen atoms in total. The van der Waals surface area contributed by atoms with Crippen molar-refractivity contribution in [3.05, 3.63) is 33.4 Å². The summed E-state index contributed by atoms with van der Waals surface area (Å²) in [5, 5.41) is 2.07. The fraction of sp³-hybridized carbons (Fsp3) is 0.357. The highest BCUT2D eigenvalue weighted by Crippen LogP contribution is 2.34. The van der Waals surface area contributed by atoms with Crippen molar-refractivity contribution in [2.75, 3.05) is 0 Å². The quantitative estimate of drug-likeness (QED) is 0.747. The summed E-state index contributed by atoms with van der Waals surface area (Å²) in [6, 6.07) is 3.67. The number of benzene rings is 1. The molecule has 18 heavy (non-hydrogen) atoms. The van der Waals surface area contributed by atoms with Crippen LogP contribution in [0.25, 0.3) is 10.9 Å². The molecule has 0 saturated carbocycles. The molecule has 1 heterocycles. The van der Waals surface area contributed by atoms with Crippen LogP contribution in [0, 0.1) is 12.8 Å². The van der Waals surface area contributed by atoms with Gasteiger partial charge in [-0.25, -0.2) is 0 Å². The minimum absolute atomic E-state index is 0.441.